The monoisotopic (exact) mass is 235 g/mol. The van der Waals surface area contributed by atoms with E-state index < -0.39 is 0 Å². The van der Waals surface area contributed by atoms with E-state index in [0.717, 1.165) is 51.3 Å². The molecule has 0 saturated heterocycles. The maximum Gasteiger partial charge on any atom is 0.125 e. The molecule has 0 spiro atoms. The predicted molar refractivity (Wildman–Crippen MR) is 68.7 cm³/mol. The van der Waals surface area contributed by atoms with E-state index in [-0.39, 0.29) is 0 Å². The molecule has 0 aromatic heterocycles. The summed E-state index contributed by atoms with van der Waals surface area (Å²) in [5, 5.41) is 3.36. The number of methoxy groups -OCH3 is 1. The van der Waals surface area contributed by atoms with Crippen molar-refractivity contribution in [3.63, 3.8) is 0 Å². The number of aryl methyl sites for hydroxylation is 1. The summed E-state index contributed by atoms with van der Waals surface area (Å²) < 4.78 is 10.8. The van der Waals surface area contributed by atoms with Crippen molar-refractivity contribution in [1.29, 1.82) is 0 Å². The number of fused-ring (bicyclic) bond motifs is 1. The van der Waals surface area contributed by atoms with E-state index >= 15 is 0 Å². The van der Waals surface area contributed by atoms with Crippen molar-refractivity contribution in [1.82, 2.24) is 5.32 Å². The van der Waals surface area contributed by atoms with Gasteiger partial charge in [0.15, 0.2) is 0 Å². The summed E-state index contributed by atoms with van der Waals surface area (Å²) in [6.45, 7) is 3.51. The topological polar surface area (TPSA) is 30.5 Å². The molecule has 0 saturated carbocycles. The van der Waals surface area contributed by atoms with Crippen LogP contribution in [-0.4, -0.2) is 33.4 Å². The highest BCUT2D eigenvalue weighted by molar-refractivity contribution is 5.42. The van der Waals surface area contributed by atoms with Gasteiger partial charge < -0.3 is 14.8 Å². The fraction of sp³-hybridized carbons (Fsp3) is 0.571. The van der Waals surface area contributed by atoms with E-state index in [2.05, 4.69) is 23.5 Å². The van der Waals surface area contributed by atoms with Crippen molar-refractivity contribution in [3.05, 3.63) is 29.3 Å². The van der Waals surface area contributed by atoms with Crippen LogP contribution in [0.1, 0.15) is 17.5 Å². The minimum atomic E-state index is 0.767. The van der Waals surface area contributed by atoms with Gasteiger partial charge in [-0.3, -0.25) is 0 Å². The molecule has 0 unspecified atom stereocenters. The first-order chi connectivity index (χ1) is 8.42. The molecule has 1 heterocycles. The van der Waals surface area contributed by atoms with Crippen LogP contribution in [0.2, 0.25) is 0 Å². The summed E-state index contributed by atoms with van der Waals surface area (Å²) in [4.78, 5) is 0. The van der Waals surface area contributed by atoms with Gasteiger partial charge in [-0.25, -0.2) is 0 Å². The van der Waals surface area contributed by atoms with Crippen LogP contribution in [0.25, 0.3) is 0 Å². The van der Waals surface area contributed by atoms with Crippen molar-refractivity contribution in [2.45, 2.75) is 19.3 Å². The molecule has 17 heavy (non-hydrogen) atoms. The fourth-order valence-corrected chi connectivity index (χ4v) is 2.18. The third-order valence-corrected chi connectivity index (χ3v) is 3.07. The number of ether oxygens (including phenoxy) is 2. The number of rotatable bonds is 6. The smallest absolute Gasteiger partial charge is 0.125 e. The number of hydrogen-bond donors (Lipinski definition) is 1. The number of nitrogens with one attached hydrogen (secondary N) is 1. The van der Waals surface area contributed by atoms with E-state index in [1.807, 2.05) is 0 Å². The first-order valence-electron chi connectivity index (χ1n) is 6.35. The first-order valence-corrected chi connectivity index (χ1v) is 6.35. The molecule has 2 rings (SSSR count). The Balaban J connectivity index is 1.87. The maximum atomic E-state index is 5.78. The molecule has 3 heteroatoms. The maximum absolute atomic E-state index is 5.78. The van der Waals surface area contributed by atoms with E-state index in [0.29, 0.717) is 0 Å². The molecule has 1 aromatic carbocycles. The molecule has 1 aromatic rings. The van der Waals surface area contributed by atoms with E-state index in [9.17, 15) is 0 Å². The average molecular weight is 235 g/mol. The van der Waals surface area contributed by atoms with Crippen molar-refractivity contribution < 1.29 is 9.47 Å². The third-order valence-electron chi connectivity index (χ3n) is 3.07. The van der Waals surface area contributed by atoms with Gasteiger partial charge in [0.25, 0.3) is 0 Å². The zero-order valence-corrected chi connectivity index (χ0v) is 10.5. The van der Waals surface area contributed by atoms with Crippen LogP contribution in [0.15, 0.2) is 18.2 Å². The van der Waals surface area contributed by atoms with Gasteiger partial charge in [0.05, 0.1) is 13.2 Å². The van der Waals surface area contributed by atoms with Crippen LogP contribution in [0.3, 0.4) is 0 Å². The minimum Gasteiger partial charge on any atom is -0.493 e. The number of benzene rings is 1. The van der Waals surface area contributed by atoms with Gasteiger partial charge in [-0.1, -0.05) is 18.2 Å². The molecule has 0 bridgehead atoms. The molecule has 0 aliphatic carbocycles. The van der Waals surface area contributed by atoms with Crippen LogP contribution < -0.4 is 10.1 Å². The Kier molecular flexibility index (Phi) is 4.83. The van der Waals surface area contributed by atoms with Gasteiger partial charge >= 0.3 is 0 Å². The molecule has 0 amide bonds. The Morgan fingerprint density at radius 2 is 2.29 bits per heavy atom. The quantitative estimate of drug-likeness (QED) is 0.763. The van der Waals surface area contributed by atoms with E-state index in [1.165, 1.54) is 11.1 Å². The largest absolute Gasteiger partial charge is 0.493 e. The van der Waals surface area contributed by atoms with E-state index in [4.69, 9.17) is 9.47 Å². The molecule has 1 N–H and O–H groups in total. The molecule has 1 aliphatic heterocycles. The van der Waals surface area contributed by atoms with Gasteiger partial charge in [-0.2, -0.15) is 0 Å². The summed E-state index contributed by atoms with van der Waals surface area (Å²) in [6, 6.07) is 6.48. The Morgan fingerprint density at radius 3 is 3.18 bits per heavy atom. The van der Waals surface area contributed by atoms with Crippen molar-refractivity contribution in [3.8, 4) is 5.75 Å². The van der Waals surface area contributed by atoms with Crippen molar-refractivity contribution in [2.75, 3.05) is 33.4 Å². The summed E-state index contributed by atoms with van der Waals surface area (Å²) in [6.07, 6.45) is 3.32. The molecule has 0 fully saturated rings. The van der Waals surface area contributed by atoms with Crippen molar-refractivity contribution in [2.24, 2.45) is 0 Å². The van der Waals surface area contributed by atoms with Gasteiger partial charge in [-0.15, -0.1) is 0 Å². The number of para-hydroxylation sites is 1. The van der Waals surface area contributed by atoms with Crippen LogP contribution >= 0.6 is 0 Å². The minimum absolute atomic E-state index is 0.767. The molecule has 0 radical (unpaired) electrons. The fourth-order valence-electron chi connectivity index (χ4n) is 2.18. The average Bonchev–Trinajstić information content (AvgIpc) is 2.39. The van der Waals surface area contributed by atoms with E-state index in [1.54, 1.807) is 7.11 Å². The molecular formula is C14H21NO2. The van der Waals surface area contributed by atoms with Crippen LogP contribution in [0.4, 0.5) is 0 Å². The lowest BCUT2D eigenvalue weighted by Crippen LogP contribution is -2.22. The zero-order chi connectivity index (χ0) is 11.9. The molecule has 94 valence electrons. The highest BCUT2D eigenvalue weighted by Gasteiger charge is 2.13. The highest BCUT2D eigenvalue weighted by Crippen LogP contribution is 2.28. The van der Waals surface area contributed by atoms with Gasteiger partial charge in [0, 0.05) is 13.7 Å². The lowest BCUT2D eigenvalue weighted by Gasteiger charge is -2.20. The molecular weight excluding hydrogens is 214 g/mol. The third kappa shape index (κ3) is 3.45. The zero-order valence-electron chi connectivity index (χ0n) is 10.5. The molecule has 3 nitrogen and oxygen atoms in total. The molecule has 0 atom stereocenters. The lowest BCUT2D eigenvalue weighted by molar-refractivity contribution is 0.199. The second-order valence-electron chi connectivity index (χ2n) is 4.35. The second kappa shape index (κ2) is 6.62. The van der Waals surface area contributed by atoms with Gasteiger partial charge in [-0.05, 0) is 36.9 Å². The summed E-state index contributed by atoms with van der Waals surface area (Å²) in [5.41, 5.74) is 2.69. The first kappa shape index (κ1) is 12.4. The van der Waals surface area contributed by atoms with Gasteiger partial charge in [0.2, 0.25) is 0 Å². The highest BCUT2D eigenvalue weighted by atomic mass is 16.5. The van der Waals surface area contributed by atoms with Crippen molar-refractivity contribution >= 4 is 0 Å². The van der Waals surface area contributed by atoms with Crippen LogP contribution in [0, 0.1) is 0 Å². The molecule has 1 aliphatic rings. The summed E-state index contributed by atoms with van der Waals surface area (Å²) >= 11 is 0. The van der Waals surface area contributed by atoms with Crippen LogP contribution in [-0.2, 0) is 17.6 Å². The Hall–Kier alpha value is -1.06. The number of hydrogen-bond acceptors (Lipinski definition) is 3. The van der Waals surface area contributed by atoms with Crippen LogP contribution in [0.5, 0.6) is 5.75 Å². The Bertz CT molecular complexity index is 352. The Morgan fingerprint density at radius 1 is 1.35 bits per heavy atom. The SMILES string of the molecule is COCCNCCc1cccc2c1OCCC2. The second-order valence-corrected chi connectivity index (χ2v) is 4.35. The van der Waals surface area contributed by atoms with Gasteiger partial charge in [0.1, 0.15) is 5.75 Å². The lowest BCUT2D eigenvalue weighted by atomic mass is 10.0. The predicted octanol–water partition coefficient (Wildman–Crippen LogP) is 1.79. The normalized spacial score (nSPS) is 14.2. The Labute approximate surface area is 103 Å². The summed E-state index contributed by atoms with van der Waals surface area (Å²) in [5.74, 6) is 1.13. The standard InChI is InChI=1S/C14H21NO2/c1-16-11-9-15-8-7-13-5-2-4-12-6-3-10-17-14(12)13/h2,4-5,15H,3,6-11H2,1H3. The summed E-state index contributed by atoms with van der Waals surface area (Å²) in [7, 11) is 1.73.